The number of ether oxygens (including phenoxy) is 1. The summed E-state index contributed by atoms with van der Waals surface area (Å²) in [5, 5.41) is 8.86. The summed E-state index contributed by atoms with van der Waals surface area (Å²) in [6.07, 6.45) is 1.73. The van der Waals surface area contributed by atoms with Gasteiger partial charge in [0.1, 0.15) is 5.75 Å². The van der Waals surface area contributed by atoms with Gasteiger partial charge in [0, 0.05) is 6.61 Å². The monoisotopic (exact) mass is 242 g/mol. The topological polar surface area (TPSA) is 29.5 Å². The van der Waals surface area contributed by atoms with Crippen LogP contribution in [0, 0.1) is 0 Å². The van der Waals surface area contributed by atoms with Gasteiger partial charge >= 0.3 is 0 Å². The highest BCUT2D eigenvalue weighted by Gasteiger charge is 2.00. The minimum absolute atomic E-state index is 0.243. The largest absolute Gasteiger partial charge is 0.497 e. The fraction of sp³-hybridized carbons (Fsp3) is 0.250. The molecule has 94 valence electrons. The van der Waals surface area contributed by atoms with Crippen LogP contribution in [0.15, 0.2) is 48.5 Å². The van der Waals surface area contributed by atoms with Gasteiger partial charge in [-0.1, -0.05) is 36.4 Å². The summed E-state index contributed by atoms with van der Waals surface area (Å²) in [4.78, 5) is 0. The molecule has 2 heteroatoms. The molecule has 1 N–H and O–H groups in total. The van der Waals surface area contributed by atoms with Crippen LogP contribution in [0.2, 0.25) is 0 Å². The van der Waals surface area contributed by atoms with Gasteiger partial charge in [-0.05, 0) is 41.7 Å². The van der Waals surface area contributed by atoms with E-state index in [0.717, 1.165) is 18.6 Å². The molecule has 0 atom stereocenters. The van der Waals surface area contributed by atoms with E-state index in [9.17, 15) is 0 Å². The quantitative estimate of drug-likeness (QED) is 0.871. The number of methoxy groups -OCH3 is 1. The van der Waals surface area contributed by atoms with Crippen LogP contribution in [0.1, 0.15) is 12.0 Å². The van der Waals surface area contributed by atoms with E-state index in [2.05, 4.69) is 36.4 Å². The fourth-order valence-corrected chi connectivity index (χ4v) is 1.97. The second-order valence-electron chi connectivity index (χ2n) is 4.26. The van der Waals surface area contributed by atoms with Crippen molar-refractivity contribution in [3.63, 3.8) is 0 Å². The van der Waals surface area contributed by atoms with E-state index in [4.69, 9.17) is 9.84 Å². The van der Waals surface area contributed by atoms with E-state index >= 15 is 0 Å². The standard InChI is InChI=1S/C16H18O2/c1-18-16-9-7-14(8-10-16)15-6-2-4-13(12-15)5-3-11-17/h2,4,6-10,12,17H,3,5,11H2,1H3. The molecular formula is C16H18O2. The average Bonchev–Trinajstić information content (AvgIpc) is 2.45. The summed E-state index contributed by atoms with van der Waals surface area (Å²) in [6, 6.07) is 16.5. The molecule has 0 radical (unpaired) electrons. The van der Waals surface area contributed by atoms with Crippen LogP contribution >= 0.6 is 0 Å². The van der Waals surface area contributed by atoms with Gasteiger partial charge < -0.3 is 9.84 Å². The zero-order valence-electron chi connectivity index (χ0n) is 10.6. The number of aryl methyl sites for hydroxylation is 1. The van der Waals surface area contributed by atoms with Gasteiger partial charge in [0.15, 0.2) is 0 Å². The molecule has 0 amide bonds. The predicted molar refractivity (Wildman–Crippen MR) is 73.8 cm³/mol. The lowest BCUT2D eigenvalue weighted by Gasteiger charge is -2.06. The molecule has 18 heavy (non-hydrogen) atoms. The number of hydrogen-bond donors (Lipinski definition) is 1. The van der Waals surface area contributed by atoms with Gasteiger partial charge in [0.2, 0.25) is 0 Å². The Balaban J connectivity index is 2.20. The van der Waals surface area contributed by atoms with Gasteiger partial charge in [-0.25, -0.2) is 0 Å². The van der Waals surface area contributed by atoms with Crippen molar-refractivity contribution >= 4 is 0 Å². The third kappa shape index (κ3) is 3.11. The summed E-state index contributed by atoms with van der Waals surface area (Å²) < 4.78 is 5.15. The van der Waals surface area contributed by atoms with Crippen molar-refractivity contribution in [2.45, 2.75) is 12.8 Å². The van der Waals surface area contributed by atoms with E-state index in [1.54, 1.807) is 7.11 Å². The minimum atomic E-state index is 0.243. The van der Waals surface area contributed by atoms with E-state index in [0.29, 0.717) is 0 Å². The second kappa shape index (κ2) is 6.22. The summed E-state index contributed by atoms with van der Waals surface area (Å²) in [6.45, 7) is 0.243. The van der Waals surface area contributed by atoms with Gasteiger partial charge in [-0.2, -0.15) is 0 Å². The van der Waals surface area contributed by atoms with Gasteiger partial charge in [0.25, 0.3) is 0 Å². The van der Waals surface area contributed by atoms with Gasteiger partial charge in [-0.15, -0.1) is 0 Å². The highest BCUT2D eigenvalue weighted by Crippen LogP contribution is 2.23. The van der Waals surface area contributed by atoms with E-state index in [1.165, 1.54) is 16.7 Å². The Bertz CT molecular complexity index is 489. The van der Waals surface area contributed by atoms with Crippen molar-refractivity contribution in [2.75, 3.05) is 13.7 Å². The molecular weight excluding hydrogens is 224 g/mol. The van der Waals surface area contributed by atoms with Crippen molar-refractivity contribution in [2.24, 2.45) is 0 Å². The molecule has 2 rings (SSSR count). The summed E-state index contributed by atoms with van der Waals surface area (Å²) in [5.41, 5.74) is 3.65. The third-order valence-corrected chi connectivity index (χ3v) is 2.97. The Morgan fingerprint density at radius 2 is 1.78 bits per heavy atom. The Labute approximate surface area is 108 Å². The summed E-state index contributed by atoms with van der Waals surface area (Å²) in [7, 11) is 1.67. The van der Waals surface area contributed by atoms with Crippen LogP contribution in [-0.2, 0) is 6.42 Å². The Morgan fingerprint density at radius 1 is 1.00 bits per heavy atom. The lowest BCUT2D eigenvalue weighted by Crippen LogP contribution is -1.90. The van der Waals surface area contributed by atoms with Crippen LogP contribution in [0.25, 0.3) is 11.1 Å². The van der Waals surface area contributed by atoms with Crippen molar-refractivity contribution < 1.29 is 9.84 Å². The number of rotatable bonds is 5. The molecule has 0 unspecified atom stereocenters. The van der Waals surface area contributed by atoms with Crippen molar-refractivity contribution in [3.8, 4) is 16.9 Å². The van der Waals surface area contributed by atoms with Crippen LogP contribution in [0.5, 0.6) is 5.75 Å². The first-order chi connectivity index (χ1) is 8.83. The second-order valence-corrected chi connectivity index (χ2v) is 4.26. The molecule has 0 aromatic heterocycles. The molecule has 0 aliphatic heterocycles. The first kappa shape index (κ1) is 12.7. The van der Waals surface area contributed by atoms with Crippen LogP contribution in [-0.4, -0.2) is 18.8 Å². The maximum atomic E-state index is 8.86. The fourth-order valence-electron chi connectivity index (χ4n) is 1.97. The Morgan fingerprint density at radius 3 is 2.44 bits per heavy atom. The third-order valence-electron chi connectivity index (χ3n) is 2.97. The zero-order chi connectivity index (χ0) is 12.8. The SMILES string of the molecule is COc1ccc(-c2cccc(CCCO)c2)cc1. The number of aliphatic hydroxyl groups excluding tert-OH is 1. The van der Waals surface area contributed by atoms with E-state index < -0.39 is 0 Å². The first-order valence-electron chi connectivity index (χ1n) is 6.17. The highest BCUT2D eigenvalue weighted by atomic mass is 16.5. The molecule has 2 aromatic carbocycles. The highest BCUT2D eigenvalue weighted by molar-refractivity contribution is 5.64. The van der Waals surface area contributed by atoms with Gasteiger partial charge in [0.05, 0.1) is 7.11 Å². The molecule has 0 fully saturated rings. The molecule has 2 aromatic rings. The first-order valence-corrected chi connectivity index (χ1v) is 6.17. The molecule has 0 bridgehead atoms. The van der Waals surface area contributed by atoms with E-state index in [1.807, 2.05) is 12.1 Å². The molecule has 0 aliphatic rings. The molecule has 0 spiro atoms. The number of aliphatic hydroxyl groups is 1. The number of hydrogen-bond acceptors (Lipinski definition) is 2. The molecule has 0 aliphatic carbocycles. The van der Waals surface area contributed by atoms with Crippen molar-refractivity contribution in [3.05, 3.63) is 54.1 Å². The predicted octanol–water partition coefficient (Wildman–Crippen LogP) is 3.29. The average molecular weight is 242 g/mol. The lowest BCUT2D eigenvalue weighted by molar-refractivity contribution is 0.288. The van der Waals surface area contributed by atoms with Gasteiger partial charge in [-0.3, -0.25) is 0 Å². The van der Waals surface area contributed by atoms with Crippen molar-refractivity contribution in [1.82, 2.24) is 0 Å². The van der Waals surface area contributed by atoms with Crippen LogP contribution < -0.4 is 4.74 Å². The molecule has 0 heterocycles. The Hall–Kier alpha value is -1.80. The maximum absolute atomic E-state index is 8.86. The molecule has 0 saturated carbocycles. The normalized spacial score (nSPS) is 10.3. The van der Waals surface area contributed by atoms with E-state index in [-0.39, 0.29) is 6.61 Å². The Kier molecular flexibility index (Phi) is 4.37. The number of benzene rings is 2. The minimum Gasteiger partial charge on any atom is -0.497 e. The maximum Gasteiger partial charge on any atom is 0.118 e. The van der Waals surface area contributed by atoms with Crippen LogP contribution in [0.4, 0.5) is 0 Å². The van der Waals surface area contributed by atoms with Crippen molar-refractivity contribution in [1.29, 1.82) is 0 Å². The summed E-state index contributed by atoms with van der Waals surface area (Å²) >= 11 is 0. The zero-order valence-corrected chi connectivity index (χ0v) is 10.6. The summed E-state index contributed by atoms with van der Waals surface area (Å²) in [5.74, 6) is 0.871. The smallest absolute Gasteiger partial charge is 0.118 e. The van der Waals surface area contributed by atoms with Crippen LogP contribution in [0.3, 0.4) is 0 Å². The lowest BCUT2D eigenvalue weighted by atomic mass is 10.0. The molecule has 2 nitrogen and oxygen atoms in total. The molecule has 0 saturated heterocycles.